The Balaban J connectivity index is 2.58. The summed E-state index contributed by atoms with van der Waals surface area (Å²) < 4.78 is 0. The normalized spacial score (nSPS) is 10.8. The van der Waals surface area contributed by atoms with E-state index in [9.17, 15) is 4.79 Å². The van der Waals surface area contributed by atoms with Crippen molar-refractivity contribution in [3.8, 4) is 0 Å². The van der Waals surface area contributed by atoms with Gasteiger partial charge in [0, 0.05) is 12.7 Å². The lowest BCUT2D eigenvalue weighted by molar-refractivity contribution is 0.0693. The third-order valence-electron chi connectivity index (χ3n) is 2.59. The zero-order valence-corrected chi connectivity index (χ0v) is 10.4. The molecule has 5 heteroatoms. The van der Waals surface area contributed by atoms with Gasteiger partial charge in [-0.05, 0) is 20.0 Å². The molecule has 1 aromatic rings. The highest BCUT2D eigenvalue weighted by Gasteiger charge is 2.12. The molecule has 0 aromatic carbocycles. The average molecular weight is 237 g/mol. The second kappa shape index (κ2) is 6.96. The monoisotopic (exact) mass is 237 g/mol. The summed E-state index contributed by atoms with van der Waals surface area (Å²) in [5.74, 6) is -0.970. The molecule has 0 aliphatic carbocycles. The van der Waals surface area contributed by atoms with Crippen LogP contribution in [0.15, 0.2) is 12.5 Å². The van der Waals surface area contributed by atoms with Crippen LogP contribution in [-0.2, 0) is 6.54 Å². The van der Waals surface area contributed by atoms with E-state index in [1.807, 2.05) is 7.05 Å². The first-order chi connectivity index (χ1) is 8.15. The molecule has 0 spiro atoms. The number of carboxylic acids is 1. The third-order valence-corrected chi connectivity index (χ3v) is 2.59. The second-order valence-corrected chi connectivity index (χ2v) is 4.13. The number of rotatable bonds is 7. The molecule has 0 saturated heterocycles. The molecule has 5 nitrogen and oxygen atoms in total. The number of nitrogens with zero attached hydrogens (tertiary/aromatic N) is 3. The van der Waals surface area contributed by atoms with Crippen molar-refractivity contribution in [2.75, 3.05) is 13.6 Å². The van der Waals surface area contributed by atoms with Crippen molar-refractivity contribution in [3.05, 3.63) is 23.8 Å². The van der Waals surface area contributed by atoms with Crippen LogP contribution in [0.2, 0.25) is 0 Å². The highest BCUT2D eigenvalue weighted by Crippen LogP contribution is 2.07. The number of hydrogen-bond acceptors (Lipinski definition) is 4. The van der Waals surface area contributed by atoms with Crippen LogP contribution < -0.4 is 0 Å². The van der Waals surface area contributed by atoms with Crippen molar-refractivity contribution in [1.29, 1.82) is 0 Å². The van der Waals surface area contributed by atoms with E-state index < -0.39 is 5.97 Å². The Hall–Kier alpha value is -1.49. The van der Waals surface area contributed by atoms with Gasteiger partial charge in [0.15, 0.2) is 0 Å². The summed E-state index contributed by atoms with van der Waals surface area (Å²) >= 11 is 0. The largest absolute Gasteiger partial charge is 0.478 e. The Kier molecular flexibility index (Phi) is 5.56. The van der Waals surface area contributed by atoms with Crippen molar-refractivity contribution >= 4 is 5.97 Å². The van der Waals surface area contributed by atoms with Gasteiger partial charge in [-0.1, -0.05) is 19.8 Å². The molecule has 0 bridgehead atoms. The van der Waals surface area contributed by atoms with Crippen molar-refractivity contribution in [2.24, 2.45) is 0 Å². The second-order valence-electron chi connectivity index (χ2n) is 4.13. The fourth-order valence-electron chi connectivity index (χ4n) is 1.63. The van der Waals surface area contributed by atoms with Crippen LogP contribution >= 0.6 is 0 Å². The lowest BCUT2D eigenvalue weighted by Crippen LogP contribution is -2.21. The van der Waals surface area contributed by atoms with Crippen LogP contribution in [0.4, 0.5) is 0 Å². The Labute approximate surface area is 102 Å². The van der Waals surface area contributed by atoms with Gasteiger partial charge in [0.25, 0.3) is 0 Å². The number of unbranched alkanes of at least 4 members (excludes halogenated alkanes) is 2. The molecule has 0 atom stereocenters. The number of carbonyl (C=O) groups is 1. The lowest BCUT2D eigenvalue weighted by Gasteiger charge is -2.16. The summed E-state index contributed by atoms with van der Waals surface area (Å²) in [5.41, 5.74) is 0.765. The SMILES string of the molecule is CCCCCN(C)Cc1ncncc1C(=O)O. The van der Waals surface area contributed by atoms with Gasteiger partial charge >= 0.3 is 5.97 Å². The van der Waals surface area contributed by atoms with Crippen molar-refractivity contribution in [1.82, 2.24) is 14.9 Å². The fraction of sp³-hybridized carbons (Fsp3) is 0.583. The molecular weight excluding hydrogens is 218 g/mol. The molecule has 1 heterocycles. The first-order valence-electron chi connectivity index (χ1n) is 5.85. The molecule has 0 radical (unpaired) electrons. The first kappa shape index (κ1) is 13.6. The highest BCUT2D eigenvalue weighted by molar-refractivity contribution is 5.88. The van der Waals surface area contributed by atoms with Crippen LogP contribution in [0.25, 0.3) is 0 Å². The van der Waals surface area contributed by atoms with Gasteiger partial charge in [-0.2, -0.15) is 0 Å². The Morgan fingerprint density at radius 2 is 2.24 bits per heavy atom. The maximum absolute atomic E-state index is 11.0. The standard InChI is InChI=1S/C12H19N3O2/c1-3-4-5-6-15(2)8-11-10(12(16)17)7-13-9-14-11/h7,9H,3-6,8H2,1-2H3,(H,16,17). The van der Waals surface area contributed by atoms with Gasteiger partial charge in [0.05, 0.1) is 5.69 Å². The zero-order valence-electron chi connectivity index (χ0n) is 10.4. The minimum absolute atomic E-state index is 0.190. The van der Waals surface area contributed by atoms with E-state index in [1.165, 1.54) is 25.4 Å². The molecular formula is C12H19N3O2. The minimum atomic E-state index is -0.970. The van der Waals surface area contributed by atoms with Gasteiger partial charge in [-0.15, -0.1) is 0 Å². The Bertz CT molecular complexity index is 369. The molecule has 17 heavy (non-hydrogen) atoms. The molecule has 94 valence electrons. The van der Waals surface area contributed by atoms with Gasteiger partial charge < -0.3 is 10.0 Å². The summed E-state index contributed by atoms with van der Waals surface area (Å²) in [4.78, 5) is 20.8. The molecule has 1 N–H and O–H groups in total. The zero-order chi connectivity index (χ0) is 12.7. The van der Waals surface area contributed by atoms with Crippen molar-refractivity contribution < 1.29 is 9.90 Å². The predicted molar refractivity (Wildman–Crippen MR) is 64.9 cm³/mol. The maximum atomic E-state index is 11.0. The topological polar surface area (TPSA) is 66.3 Å². The smallest absolute Gasteiger partial charge is 0.339 e. The lowest BCUT2D eigenvalue weighted by atomic mass is 10.2. The summed E-state index contributed by atoms with van der Waals surface area (Å²) in [7, 11) is 1.98. The summed E-state index contributed by atoms with van der Waals surface area (Å²) in [6.07, 6.45) is 6.24. The van der Waals surface area contributed by atoms with E-state index in [-0.39, 0.29) is 5.56 Å². The fourth-order valence-corrected chi connectivity index (χ4v) is 1.63. The van der Waals surface area contributed by atoms with Gasteiger partial charge in [0.2, 0.25) is 0 Å². The molecule has 1 aromatic heterocycles. The van der Waals surface area contributed by atoms with Crippen LogP contribution in [0.5, 0.6) is 0 Å². The predicted octanol–water partition coefficient (Wildman–Crippen LogP) is 1.80. The van der Waals surface area contributed by atoms with Crippen LogP contribution in [0, 0.1) is 0 Å². The number of aromatic carboxylic acids is 1. The van der Waals surface area contributed by atoms with E-state index >= 15 is 0 Å². The summed E-state index contributed by atoms with van der Waals surface area (Å²) in [5, 5.41) is 8.99. The van der Waals surface area contributed by atoms with Crippen LogP contribution in [-0.4, -0.2) is 39.5 Å². The molecule has 0 aliphatic heterocycles. The van der Waals surface area contributed by atoms with E-state index in [0.717, 1.165) is 13.0 Å². The average Bonchev–Trinajstić information content (AvgIpc) is 2.29. The van der Waals surface area contributed by atoms with Gasteiger partial charge in [0.1, 0.15) is 11.9 Å². The van der Waals surface area contributed by atoms with E-state index in [1.54, 1.807) is 0 Å². The molecule has 0 amide bonds. The van der Waals surface area contributed by atoms with Crippen LogP contribution in [0.3, 0.4) is 0 Å². The summed E-state index contributed by atoms with van der Waals surface area (Å²) in [6, 6.07) is 0. The molecule has 0 unspecified atom stereocenters. The molecule has 1 rings (SSSR count). The molecule has 0 saturated carbocycles. The summed E-state index contributed by atoms with van der Waals surface area (Å²) in [6.45, 7) is 3.66. The molecule has 0 aliphatic rings. The highest BCUT2D eigenvalue weighted by atomic mass is 16.4. The minimum Gasteiger partial charge on any atom is -0.478 e. The molecule has 0 fully saturated rings. The van der Waals surface area contributed by atoms with Crippen molar-refractivity contribution in [2.45, 2.75) is 32.7 Å². The number of hydrogen-bond donors (Lipinski definition) is 1. The van der Waals surface area contributed by atoms with E-state index in [2.05, 4.69) is 21.8 Å². The van der Waals surface area contributed by atoms with Gasteiger partial charge in [-0.25, -0.2) is 14.8 Å². The van der Waals surface area contributed by atoms with Crippen molar-refractivity contribution in [3.63, 3.8) is 0 Å². The van der Waals surface area contributed by atoms with E-state index in [4.69, 9.17) is 5.11 Å². The third kappa shape index (κ3) is 4.48. The quantitative estimate of drug-likeness (QED) is 0.732. The Morgan fingerprint density at radius 1 is 1.47 bits per heavy atom. The van der Waals surface area contributed by atoms with E-state index in [0.29, 0.717) is 12.2 Å². The first-order valence-corrected chi connectivity index (χ1v) is 5.85. The number of carboxylic acid groups (broad SMARTS) is 1. The Morgan fingerprint density at radius 3 is 2.88 bits per heavy atom. The van der Waals surface area contributed by atoms with Gasteiger partial charge in [-0.3, -0.25) is 0 Å². The number of aromatic nitrogens is 2. The van der Waals surface area contributed by atoms with Crippen LogP contribution in [0.1, 0.15) is 42.2 Å². The maximum Gasteiger partial charge on any atom is 0.339 e.